The summed E-state index contributed by atoms with van der Waals surface area (Å²) in [5.41, 5.74) is 10.0. The van der Waals surface area contributed by atoms with Crippen LogP contribution in [-0.2, 0) is 13.6 Å². The largest absolute Gasteiger partial charge is 0.369 e. The van der Waals surface area contributed by atoms with Crippen molar-refractivity contribution in [2.24, 2.45) is 7.05 Å². The molecule has 0 saturated carbocycles. The highest BCUT2D eigenvalue weighted by Gasteiger charge is 2.11. The summed E-state index contributed by atoms with van der Waals surface area (Å²) in [5.74, 6) is 0.487. The number of aromatic nitrogens is 4. The van der Waals surface area contributed by atoms with Crippen LogP contribution in [0.4, 0.5) is 5.95 Å². The average molecular weight is 276 g/mol. The van der Waals surface area contributed by atoms with E-state index in [1.165, 1.54) is 0 Å². The first-order valence-corrected chi connectivity index (χ1v) is 6.33. The van der Waals surface area contributed by atoms with Crippen molar-refractivity contribution in [2.45, 2.75) is 13.5 Å². The maximum Gasteiger partial charge on any atom is 0.201 e. The fourth-order valence-corrected chi connectivity index (χ4v) is 2.32. The molecule has 0 unspecified atom stereocenters. The maximum absolute atomic E-state index is 6.04. The molecule has 0 aliphatic rings. The first-order chi connectivity index (χ1) is 9.06. The van der Waals surface area contributed by atoms with E-state index in [0.717, 1.165) is 22.3 Å². The fraction of sp³-hybridized carbons (Fsp3) is 0.231. The third-order valence-corrected chi connectivity index (χ3v) is 3.64. The van der Waals surface area contributed by atoms with Crippen LogP contribution >= 0.6 is 11.6 Å². The molecule has 0 aliphatic heterocycles. The highest BCUT2D eigenvalue weighted by atomic mass is 35.5. The Hall–Kier alpha value is -2.01. The van der Waals surface area contributed by atoms with Crippen molar-refractivity contribution < 1.29 is 0 Å². The summed E-state index contributed by atoms with van der Waals surface area (Å²) in [6.45, 7) is 2.67. The third-order valence-electron chi connectivity index (χ3n) is 3.41. The molecule has 0 aliphatic carbocycles. The predicted molar refractivity (Wildman–Crippen MR) is 76.2 cm³/mol. The number of hydrogen-bond acceptors (Lipinski definition) is 3. The first-order valence-electron chi connectivity index (χ1n) is 5.95. The number of nitrogens with zero attached hydrogens (tertiary/aromatic N) is 4. The quantitative estimate of drug-likeness (QED) is 0.781. The Morgan fingerprint density at radius 2 is 2.16 bits per heavy atom. The van der Waals surface area contributed by atoms with Crippen molar-refractivity contribution >= 4 is 28.6 Å². The van der Waals surface area contributed by atoms with E-state index < -0.39 is 0 Å². The molecular weight excluding hydrogens is 262 g/mol. The van der Waals surface area contributed by atoms with Crippen LogP contribution in [0, 0.1) is 6.92 Å². The van der Waals surface area contributed by atoms with Crippen molar-refractivity contribution in [1.82, 2.24) is 19.3 Å². The van der Waals surface area contributed by atoms with Crippen LogP contribution in [0.5, 0.6) is 0 Å². The van der Waals surface area contributed by atoms with Gasteiger partial charge >= 0.3 is 0 Å². The van der Waals surface area contributed by atoms with E-state index in [-0.39, 0.29) is 0 Å². The number of rotatable bonds is 2. The molecule has 19 heavy (non-hydrogen) atoms. The number of aryl methyl sites for hydroxylation is 1. The van der Waals surface area contributed by atoms with E-state index in [4.69, 9.17) is 17.3 Å². The minimum Gasteiger partial charge on any atom is -0.369 e. The molecule has 2 N–H and O–H groups in total. The second-order valence-electron chi connectivity index (χ2n) is 4.57. The van der Waals surface area contributed by atoms with E-state index in [1.807, 2.05) is 47.6 Å². The predicted octanol–water partition coefficient (Wildman–Crippen LogP) is 2.36. The molecule has 1 aromatic carbocycles. The molecule has 3 aromatic rings. The van der Waals surface area contributed by atoms with Crippen molar-refractivity contribution in [2.75, 3.05) is 5.73 Å². The fourth-order valence-electron chi connectivity index (χ4n) is 2.15. The summed E-state index contributed by atoms with van der Waals surface area (Å²) in [4.78, 5) is 4.34. The standard InChI is InChI=1S/C13H14ClN5/c1-8-9(6-16-18(8)2)7-19-12-5-10(14)3-4-11(12)17-13(19)15/h3-6H,7H2,1-2H3,(H2,15,17). The van der Waals surface area contributed by atoms with Gasteiger partial charge in [0.1, 0.15) is 0 Å². The monoisotopic (exact) mass is 275 g/mol. The van der Waals surface area contributed by atoms with Crippen LogP contribution in [0.15, 0.2) is 24.4 Å². The number of hydrogen-bond donors (Lipinski definition) is 1. The first kappa shape index (κ1) is 12.0. The lowest BCUT2D eigenvalue weighted by molar-refractivity contribution is 0.734. The molecule has 3 rings (SSSR count). The topological polar surface area (TPSA) is 61.7 Å². The molecule has 6 heteroatoms. The maximum atomic E-state index is 6.04. The van der Waals surface area contributed by atoms with Gasteiger partial charge in [-0.15, -0.1) is 0 Å². The molecule has 2 heterocycles. The number of anilines is 1. The van der Waals surface area contributed by atoms with E-state index in [9.17, 15) is 0 Å². The summed E-state index contributed by atoms with van der Waals surface area (Å²) < 4.78 is 3.79. The molecule has 2 aromatic heterocycles. The summed E-state index contributed by atoms with van der Waals surface area (Å²) in [6, 6.07) is 5.57. The summed E-state index contributed by atoms with van der Waals surface area (Å²) >= 11 is 6.04. The summed E-state index contributed by atoms with van der Waals surface area (Å²) in [6.07, 6.45) is 1.85. The highest BCUT2D eigenvalue weighted by Crippen LogP contribution is 2.23. The van der Waals surface area contributed by atoms with Gasteiger partial charge in [0.25, 0.3) is 0 Å². The zero-order valence-electron chi connectivity index (χ0n) is 10.8. The SMILES string of the molecule is Cc1c(Cn2c(N)nc3ccc(Cl)cc32)cnn1C. The van der Waals surface area contributed by atoms with Gasteiger partial charge in [0, 0.05) is 23.3 Å². The van der Waals surface area contributed by atoms with Crippen molar-refractivity contribution in [3.05, 3.63) is 40.7 Å². The van der Waals surface area contributed by atoms with Crippen molar-refractivity contribution in [3.8, 4) is 0 Å². The number of benzene rings is 1. The Kier molecular flexibility index (Phi) is 2.71. The van der Waals surface area contributed by atoms with Gasteiger partial charge in [-0.2, -0.15) is 5.10 Å². The normalized spacial score (nSPS) is 11.3. The second kappa shape index (κ2) is 4.28. The van der Waals surface area contributed by atoms with Gasteiger partial charge in [0.05, 0.1) is 23.8 Å². The zero-order valence-corrected chi connectivity index (χ0v) is 11.5. The average Bonchev–Trinajstić information content (AvgIpc) is 2.85. The second-order valence-corrected chi connectivity index (χ2v) is 5.00. The Morgan fingerprint density at radius 3 is 2.84 bits per heavy atom. The van der Waals surface area contributed by atoms with Gasteiger partial charge in [0.2, 0.25) is 5.95 Å². The van der Waals surface area contributed by atoms with Gasteiger partial charge in [-0.3, -0.25) is 4.68 Å². The van der Waals surface area contributed by atoms with Crippen molar-refractivity contribution in [3.63, 3.8) is 0 Å². The number of nitrogens with two attached hydrogens (primary N) is 1. The molecular formula is C13H14ClN5. The van der Waals surface area contributed by atoms with Gasteiger partial charge in [-0.25, -0.2) is 4.98 Å². The zero-order chi connectivity index (χ0) is 13.6. The summed E-state index contributed by atoms with van der Waals surface area (Å²) in [5, 5.41) is 4.92. The lowest BCUT2D eigenvalue weighted by Gasteiger charge is -2.06. The molecule has 0 spiro atoms. The Bertz CT molecular complexity index is 756. The molecule has 5 nitrogen and oxygen atoms in total. The van der Waals surface area contributed by atoms with E-state index in [2.05, 4.69) is 10.1 Å². The Morgan fingerprint density at radius 1 is 1.37 bits per heavy atom. The third kappa shape index (κ3) is 1.96. The van der Waals surface area contributed by atoms with E-state index in [0.29, 0.717) is 17.5 Å². The van der Waals surface area contributed by atoms with Crippen LogP contribution < -0.4 is 5.73 Å². The molecule has 0 saturated heterocycles. The highest BCUT2D eigenvalue weighted by molar-refractivity contribution is 6.31. The lowest BCUT2D eigenvalue weighted by Crippen LogP contribution is -2.05. The Balaban J connectivity index is 2.12. The molecule has 0 bridgehead atoms. The van der Waals surface area contributed by atoms with Crippen molar-refractivity contribution in [1.29, 1.82) is 0 Å². The molecule has 0 radical (unpaired) electrons. The van der Waals surface area contributed by atoms with Crippen LogP contribution in [0.3, 0.4) is 0 Å². The van der Waals surface area contributed by atoms with Crippen LogP contribution in [0.2, 0.25) is 5.02 Å². The molecule has 0 amide bonds. The minimum absolute atomic E-state index is 0.487. The molecule has 98 valence electrons. The minimum atomic E-state index is 0.487. The number of imidazole rings is 1. The lowest BCUT2D eigenvalue weighted by atomic mass is 10.2. The molecule has 0 atom stereocenters. The number of fused-ring (bicyclic) bond motifs is 1. The Labute approximate surface area is 115 Å². The van der Waals surface area contributed by atoms with E-state index in [1.54, 1.807) is 0 Å². The van der Waals surface area contributed by atoms with Gasteiger partial charge in [0.15, 0.2) is 0 Å². The number of halogens is 1. The number of nitrogen functional groups attached to an aromatic ring is 1. The van der Waals surface area contributed by atoms with Gasteiger partial charge < -0.3 is 10.3 Å². The molecule has 0 fully saturated rings. The van der Waals surface area contributed by atoms with E-state index >= 15 is 0 Å². The summed E-state index contributed by atoms with van der Waals surface area (Å²) in [7, 11) is 1.92. The van der Waals surface area contributed by atoms with Crippen LogP contribution in [-0.4, -0.2) is 19.3 Å². The van der Waals surface area contributed by atoms with Crippen LogP contribution in [0.1, 0.15) is 11.3 Å². The van der Waals surface area contributed by atoms with Gasteiger partial charge in [-0.1, -0.05) is 11.6 Å². The van der Waals surface area contributed by atoms with Crippen LogP contribution in [0.25, 0.3) is 11.0 Å². The van der Waals surface area contributed by atoms with Gasteiger partial charge in [-0.05, 0) is 25.1 Å². The smallest absolute Gasteiger partial charge is 0.201 e.